The molecule has 19 heavy (non-hydrogen) atoms. The topological polar surface area (TPSA) is 30.0 Å². The van der Waals surface area contributed by atoms with E-state index in [4.69, 9.17) is 0 Å². The Morgan fingerprint density at radius 1 is 1.11 bits per heavy atom. The van der Waals surface area contributed by atoms with E-state index >= 15 is 0 Å². The third-order valence-corrected chi connectivity index (χ3v) is 2.43. The Labute approximate surface area is 105 Å². The summed E-state index contributed by atoms with van der Waals surface area (Å²) in [5.41, 5.74) is -2.05. The van der Waals surface area contributed by atoms with Gasteiger partial charge in [0.05, 0.1) is 5.56 Å². The molecular formula is C13H7F4NO. The zero-order valence-electron chi connectivity index (χ0n) is 9.41. The highest BCUT2D eigenvalue weighted by atomic mass is 19.4. The maximum absolute atomic E-state index is 12.9. The molecule has 0 spiro atoms. The summed E-state index contributed by atoms with van der Waals surface area (Å²) in [4.78, 5) is 15.6. The molecule has 0 aliphatic heterocycles. The molecule has 0 bridgehead atoms. The quantitative estimate of drug-likeness (QED) is 0.617. The molecule has 0 saturated carbocycles. The van der Waals surface area contributed by atoms with E-state index in [-0.39, 0.29) is 5.69 Å². The summed E-state index contributed by atoms with van der Waals surface area (Å²) in [7, 11) is 0. The van der Waals surface area contributed by atoms with E-state index in [9.17, 15) is 22.4 Å². The number of hydrogen-bond donors (Lipinski definition) is 0. The number of aromatic nitrogens is 1. The number of alkyl halides is 3. The van der Waals surface area contributed by atoms with Gasteiger partial charge in [-0.1, -0.05) is 6.07 Å². The van der Waals surface area contributed by atoms with E-state index in [1.807, 2.05) is 0 Å². The summed E-state index contributed by atoms with van der Waals surface area (Å²) in [6.45, 7) is 0. The van der Waals surface area contributed by atoms with Gasteiger partial charge in [-0.2, -0.15) is 13.2 Å². The summed E-state index contributed by atoms with van der Waals surface area (Å²) in [5.74, 6) is -1.95. The third kappa shape index (κ3) is 2.78. The molecule has 0 atom stereocenters. The van der Waals surface area contributed by atoms with Gasteiger partial charge in [0.15, 0.2) is 0 Å². The van der Waals surface area contributed by atoms with Crippen LogP contribution in [0.15, 0.2) is 42.6 Å². The Morgan fingerprint density at radius 2 is 1.84 bits per heavy atom. The van der Waals surface area contributed by atoms with Gasteiger partial charge in [0.2, 0.25) is 5.78 Å². The largest absolute Gasteiger partial charge is 0.417 e. The Hall–Kier alpha value is -2.24. The molecule has 2 aromatic rings. The molecule has 0 saturated heterocycles. The van der Waals surface area contributed by atoms with Crippen LogP contribution in [0.5, 0.6) is 0 Å². The monoisotopic (exact) mass is 269 g/mol. The van der Waals surface area contributed by atoms with Crippen molar-refractivity contribution in [2.24, 2.45) is 0 Å². The number of halogens is 4. The van der Waals surface area contributed by atoms with Crippen molar-refractivity contribution in [1.82, 2.24) is 4.98 Å². The van der Waals surface area contributed by atoms with Crippen LogP contribution in [0.2, 0.25) is 0 Å². The molecule has 1 aromatic heterocycles. The number of ketones is 1. The number of carbonyl (C=O) groups is 1. The van der Waals surface area contributed by atoms with Crippen LogP contribution < -0.4 is 0 Å². The van der Waals surface area contributed by atoms with Crippen LogP contribution in [0.25, 0.3) is 0 Å². The Balaban J connectivity index is 2.54. The summed E-state index contributed by atoms with van der Waals surface area (Å²) < 4.78 is 51.2. The second-order valence-corrected chi connectivity index (χ2v) is 3.73. The first-order chi connectivity index (χ1) is 8.89. The fourth-order valence-corrected chi connectivity index (χ4v) is 1.58. The van der Waals surface area contributed by atoms with Gasteiger partial charge in [0.1, 0.15) is 11.5 Å². The summed E-state index contributed by atoms with van der Waals surface area (Å²) in [6.07, 6.45) is -3.51. The number of carbonyl (C=O) groups excluding carboxylic acids is 1. The van der Waals surface area contributed by atoms with Crippen molar-refractivity contribution in [3.8, 4) is 0 Å². The van der Waals surface area contributed by atoms with Gasteiger partial charge in [-0.05, 0) is 30.3 Å². The first-order valence-corrected chi connectivity index (χ1v) is 5.22. The number of rotatable bonds is 2. The first-order valence-electron chi connectivity index (χ1n) is 5.22. The van der Waals surface area contributed by atoms with Gasteiger partial charge in [0.25, 0.3) is 0 Å². The molecule has 0 aliphatic carbocycles. The van der Waals surface area contributed by atoms with Crippen LogP contribution >= 0.6 is 0 Å². The maximum atomic E-state index is 12.9. The number of hydrogen-bond acceptors (Lipinski definition) is 2. The Morgan fingerprint density at radius 3 is 2.42 bits per heavy atom. The zero-order valence-corrected chi connectivity index (χ0v) is 9.41. The van der Waals surface area contributed by atoms with Crippen LogP contribution in [0.3, 0.4) is 0 Å². The van der Waals surface area contributed by atoms with Crippen LogP contribution in [0.1, 0.15) is 21.6 Å². The molecule has 0 radical (unpaired) electrons. The minimum atomic E-state index is -4.80. The number of pyridine rings is 1. The van der Waals surface area contributed by atoms with Crippen molar-refractivity contribution < 1.29 is 22.4 Å². The van der Waals surface area contributed by atoms with Crippen molar-refractivity contribution >= 4 is 5.78 Å². The number of benzene rings is 1. The van der Waals surface area contributed by atoms with Gasteiger partial charge in [-0.15, -0.1) is 0 Å². The standard InChI is InChI=1S/C13H7F4NO/c14-8-4-5-9(10(7-8)13(15,16)17)12(19)11-3-1-2-6-18-11/h1-7H. The van der Waals surface area contributed by atoms with Crippen LogP contribution in [0.4, 0.5) is 17.6 Å². The lowest BCUT2D eigenvalue weighted by Crippen LogP contribution is -2.15. The Bertz CT molecular complexity index is 608. The van der Waals surface area contributed by atoms with Gasteiger partial charge < -0.3 is 0 Å². The van der Waals surface area contributed by atoms with Crippen molar-refractivity contribution in [2.45, 2.75) is 6.18 Å². The molecule has 0 fully saturated rings. The van der Waals surface area contributed by atoms with Crippen molar-refractivity contribution in [3.63, 3.8) is 0 Å². The Kier molecular flexibility index (Phi) is 3.33. The highest BCUT2D eigenvalue weighted by Gasteiger charge is 2.36. The fourth-order valence-electron chi connectivity index (χ4n) is 1.58. The van der Waals surface area contributed by atoms with Crippen LogP contribution in [0, 0.1) is 5.82 Å². The van der Waals surface area contributed by atoms with Gasteiger partial charge in [-0.3, -0.25) is 9.78 Å². The molecule has 1 aromatic carbocycles. The molecule has 6 heteroatoms. The molecule has 1 heterocycles. The van der Waals surface area contributed by atoms with Gasteiger partial charge >= 0.3 is 6.18 Å². The second kappa shape index (κ2) is 4.79. The zero-order chi connectivity index (χ0) is 14.0. The van der Waals surface area contributed by atoms with E-state index < -0.39 is 28.9 Å². The van der Waals surface area contributed by atoms with Crippen LogP contribution in [-0.2, 0) is 6.18 Å². The molecule has 0 N–H and O–H groups in total. The average Bonchev–Trinajstić information content (AvgIpc) is 2.38. The molecule has 2 rings (SSSR count). The van der Waals surface area contributed by atoms with Gasteiger partial charge in [0, 0.05) is 11.8 Å². The summed E-state index contributed by atoms with van der Waals surface area (Å²) >= 11 is 0. The smallest absolute Gasteiger partial charge is 0.287 e. The minimum absolute atomic E-state index is 0.125. The fraction of sp³-hybridized carbons (Fsp3) is 0.0769. The highest BCUT2D eigenvalue weighted by molar-refractivity contribution is 6.08. The third-order valence-electron chi connectivity index (χ3n) is 2.43. The lowest BCUT2D eigenvalue weighted by atomic mass is 10.0. The van der Waals surface area contributed by atoms with Crippen molar-refractivity contribution in [3.05, 3.63) is 65.2 Å². The highest BCUT2D eigenvalue weighted by Crippen LogP contribution is 2.33. The lowest BCUT2D eigenvalue weighted by molar-refractivity contribution is -0.138. The second-order valence-electron chi connectivity index (χ2n) is 3.73. The summed E-state index contributed by atoms with van der Waals surface area (Å²) in [6, 6.07) is 6.24. The van der Waals surface area contributed by atoms with Gasteiger partial charge in [-0.25, -0.2) is 4.39 Å². The average molecular weight is 269 g/mol. The molecule has 98 valence electrons. The van der Waals surface area contributed by atoms with Crippen molar-refractivity contribution in [2.75, 3.05) is 0 Å². The van der Waals surface area contributed by atoms with Crippen molar-refractivity contribution in [1.29, 1.82) is 0 Å². The molecule has 0 aliphatic rings. The first kappa shape index (κ1) is 13.2. The molecular weight excluding hydrogens is 262 g/mol. The lowest BCUT2D eigenvalue weighted by Gasteiger charge is -2.11. The van der Waals surface area contributed by atoms with Crippen LogP contribution in [-0.4, -0.2) is 10.8 Å². The minimum Gasteiger partial charge on any atom is -0.287 e. The number of nitrogens with zero attached hydrogens (tertiary/aromatic N) is 1. The molecule has 2 nitrogen and oxygen atoms in total. The van der Waals surface area contributed by atoms with E-state index in [1.54, 1.807) is 0 Å². The molecule has 0 amide bonds. The molecule has 0 unspecified atom stereocenters. The summed E-state index contributed by atoms with van der Waals surface area (Å²) in [5, 5.41) is 0. The van der Waals surface area contributed by atoms with E-state index in [1.165, 1.54) is 24.4 Å². The SMILES string of the molecule is O=C(c1ccccn1)c1ccc(F)cc1C(F)(F)F. The predicted molar refractivity (Wildman–Crippen MR) is 59.1 cm³/mol. The van der Waals surface area contributed by atoms with E-state index in [0.29, 0.717) is 6.07 Å². The maximum Gasteiger partial charge on any atom is 0.417 e. The van der Waals surface area contributed by atoms with E-state index in [2.05, 4.69) is 4.98 Å². The predicted octanol–water partition coefficient (Wildman–Crippen LogP) is 3.47. The normalized spacial score (nSPS) is 11.4. The van der Waals surface area contributed by atoms with E-state index in [0.717, 1.165) is 12.1 Å².